The number of nitrogens with zero attached hydrogens (tertiary/aromatic N) is 1. The van der Waals surface area contributed by atoms with Gasteiger partial charge in [0.15, 0.2) is 0 Å². The molecule has 4 heteroatoms. The molecule has 1 saturated heterocycles. The Morgan fingerprint density at radius 2 is 2.09 bits per heavy atom. The van der Waals surface area contributed by atoms with Crippen LogP contribution in [-0.4, -0.2) is 36.5 Å². The summed E-state index contributed by atoms with van der Waals surface area (Å²) in [5, 5.41) is 0. The molecule has 3 aliphatic rings. The number of ketones is 1. The van der Waals surface area contributed by atoms with Crippen molar-refractivity contribution < 1.29 is 14.3 Å². The van der Waals surface area contributed by atoms with Crippen molar-refractivity contribution >= 4 is 11.9 Å². The van der Waals surface area contributed by atoms with Crippen molar-refractivity contribution in [1.82, 2.24) is 4.90 Å². The highest BCUT2D eigenvalue weighted by Crippen LogP contribution is 2.58. The van der Waals surface area contributed by atoms with E-state index in [-0.39, 0.29) is 23.5 Å². The van der Waals surface area contributed by atoms with Crippen molar-refractivity contribution in [2.75, 3.05) is 13.7 Å². The molecule has 5 atom stereocenters. The Hall–Kier alpha value is -1.06. The van der Waals surface area contributed by atoms with Crippen LogP contribution in [0.25, 0.3) is 0 Å². The normalized spacial score (nSPS) is 41.3. The number of carbonyl (C=O) groups is 2. The zero-order chi connectivity index (χ0) is 16.1. The summed E-state index contributed by atoms with van der Waals surface area (Å²) in [7, 11) is 1.46. The minimum absolute atomic E-state index is 0.0484. The minimum Gasteiger partial charge on any atom is -0.453 e. The molecule has 1 heterocycles. The van der Waals surface area contributed by atoms with Crippen LogP contribution in [0.4, 0.5) is 4.79 Å². The monoisotopic (exact) mass is 307 g/mol. The summed E-state index contributed by atoms with van der Waals surface area (Å²) in [6, 6.07) is 0.165. The Kier molecular flexibility index (Phi) is 3.98. The van der Waals surface area contributed by atoms with E-state index >= 15 is 0 Å². The molecular weight excluding hydrogens is 278 g/mol. The van der Waals surface area contributed by atoms with Crippen molar-refractivity contribution in [2.24, 2.45) is 29.1 Å². The lowest BCUT2D eigenvalue weighted by atomic mass is 9.56. The van der Waals surface area contributed by atoms with Crippen molar-refractivity contribution in [3.8, 4) is 0 Å². The Balaban J connectivity index is 2.01. The van der Waals surface area contributed by atoms with Crippen LogP contribution in [0.3, 0.4) is 0 Å². The fraction of sp³-hybridized carbons (Fsp3) is 0.889. The molecule has 0 spiro atoms. The fourth-order valence-electron chi connectivity index (χ4n) is 5.45. The molecule has 0 aromatic heterocycles. The van der Waals surface area contributed by atoms with Crippen molar-refractivity contribution in [3.63, 3.8) is 0 Å². The van der Waals surface area contributed by atoms with Crippen LogP contribution < -0.4 is 0 Å². The van der Waals surface area contributed by atoms with Gasteiger partial charge < -0.3 is 9.64 Å². The number of amides is 1. The SMILES string of the molecule is COC(=O)N1C[C@@H]2CCCC(=O)[C@H]3C[C@@H](C(C)C)C[C@@H]1[C@@]23C. The molecule has 3 fully saturated rings. The number of ether oxygens (including phenoxy) is 1. The maximum absolute atomic E-state index is 12.8. The topological polar surface area (TPSA) is 46.6 Å². The first kappa shape index (κ1) is 15.8. The highest BCUT2D eigenvalue weighted by Gasteiger charge is 2.61. The van der Waals surface area contributed by atoms with Crippen molar-refractivity contribution in [2.45, 2.75) is 58.9 Å². The summed E-state index contributed by atoms with van der Waals surface area (Å²) in [5.74, 6) is 2.09. The van der Waals surface area contributed by atoms with Gasteiger partial charge in [-0.25, -0.2) is 4.79 Å². The Labute approximate surface area is 133 Å². The molecule has 0 bridgehead atoms. The molecule has 0 aromatic carbocycles. The van der Waals surface area contributed by atoms with Gasteiger partial charge in [-0.3, -0.25) is 4.79 Å². The second-order valence-electron chi connectivity index (χ2n) is 8.09. The van der Waals surface area contributed by atoms with Gasteiger partial charge in [-0.05, 0) is 43.4 Å². The van der Waals surface area contributed by atoms with E-state index in [1.807, 2.05) is 4.90 Å². The van der Waals surface area contributed by atoms with Gasteiger partial charge in [-0.1, -0.05) is 20.8 Å². The molecule has 0 aromatic rings. The van der Waals surface area contributed by atoms with Crippen LogP contribution >= 0.6 is 0 Å². The molecule has 124 valence electrons. The quantitative estimate of drug-likeness (QED) is 0.745. The molecule has 2 saturated carbocycles. The number of methoxy groups -OCH3 is 1. The van der Waals surface area contributed by atoms with E-state index in [2.05, 4.69) is 20.8 Å². The molecule has 0 N–H and O–H groups in total. The minimum atomic E-state index is -0.213. The van der Waals surface area contributed by atoms with Crippen molar-refractivity contribution in [1.29, 1.82) is 0 Å². The van der Waals surface area contributed by atoms with Gasteiger partial charge in [0.2, 0.25) is 0 Å². The summed E-state index contributed by atoms with van der Waals surface area (Å²) in [6.45, 7) is 7.52. The van der Waals surface area contributed by atoms with Gasteiger partial charge >= 0.3 is 6.09 Å². The van der Waals surface area contributed by atoms with E-state index in [0.717, 1.165) is 38.6 Å². The van der Waals surface area contributed by atoms with Gasteiger partial charge in [0.05, 0.1) is 7.11 Å². The van der Waals surface area contributed by atoms with Crippen LogP contribution in [0.15, 0.2) is 0 Å². The lowest BCUT2D eigenvalue weighted by molar-refractivity contribution is -0.131. The molecule has 3 rings (SSSR count). The van der Waals surface area contributed by atoms with Gasteiger partial charge in [0.1, 0.15) is 5.78 Å². The van der Waals surface area contributed by atoms with Crippen LogP contribution in [-0.2, 0) is 9.53 Å². The Morgan fingerprint density at radius 1 is 1.36 bits per heavy atom. The molecular formula is C18H29NO3. The first-order valence-corrected chi connectivity index (χ1v) is 8.76. The first-order chi connectivity index (χ1) is 10.4. The smallest absolute Gasteiger partial charge is 0.409 e. The second kappa shape index (κ2) is 5.54. The summed E-state index contributed by atoms with van der Waals surface area (Å²) in [5.41, 5.74) is -0.0484. The first-order valence-electron chi connectivity index (χ1n) is 8.76. The maximum Gasteiger partial charge on any atom is 0.409 e. The molecule has 22 heavy (non-hydrogen) atoms. The van der Waals surface area contributed by atoms with E-state index in [9.17, 15) is 9.59 Å². The molecule has 4 nitrogen and oxygen atoms in total. The zero-order valence-electron chi connectivity index (χ0n) is 14.3. The second-order valence-corrected chi connectivity index (χ2v) is 8.09. The largest absolute Gasteiger partial charge is 0.453 e. The lowest BCUT2D eigenvalue weighted by Gasteiger charge is -2.49. The number of likely N-dealkylation sites (tertiary alicyclic amines) is 1. The molecule has 0 unspecified atom stereocenters. The van der Waals surface area contributed by atoms with Crippen LogP contribution in [0.2, 0.25) is 0 Å². The van der Waals surface area contributed by atoms with Crippen LogP contribution in [0.5, 0.6) is 0 Å². The number of Topliss-reactive ketones (excluding diaryl/α,β-unsaturated/α-hetero) is 1. The fourth-order valence-corrected chi connectivity index (χ4v) is 5.45. The highest BCUT2D eigenvalue weighted by molar-refractivity contribution is 5.83. The van der Waals surface area contributed by atoms with Gasteiger partial charge in [0, 0.05) is 30.3 Å². The van der Waals surface area contributed by atoms with Gasteiger partial charge in [-0.2, -0.15) is 0 Å². The molecule has 1 aliphatic heterocycles. The highest BCUT2D eigenvalue weighted by atomic mass is 16.5. The standard InChI is InChI=1S/C18H29NO3/c1-11(2)12-8-14-15(20)7-5-6-13-10-19(17(21)22-4)16(9-12)18(13,14)3/h11-14,16H,5-10H2,1-4H3/t12-,13+,14-,16-,18+/m1/s1. The summed E-state index contributed by atoms with van der Waals surface area (Å²) in [6.07, 6.45) is 4.58. The van der Waals surface area contributed by atoms with Gasteiger partial charge in [-0.15, -0.1) is 0 Å². The van der Waals surface area contributed by atoms with E-state index < -0.39 is 0 Å². The third kappa shape index (κ3) is 2.17. The number of hydrogen-bond donors (Lipinski definition) is 0. The Bertz CT molecular complexity index is 475. The zero-order valence-corrected chi connectivity index (χ0v) is 14.3. The lowest BCUT2D eigenvalue weighted by Crippen LogP contribution is -2.53. The average molecular weight is 307 g/mol. The van der Waals surface area contributed by atoms with Crippen molar-refractivity contribution in [3.05, 3.63) is 0 Å². The predicted molar refractivity (Wildman–Crippen MR) is 84.4 cm³/mol. The average Bonchev–Trinajstić information content (AvgIpc) is 2.70. The molecule has 1 amide bonds. The van der Waals surface area contributed by atoms with E-state index in [1.165, 1.54) is 7.11 Å². The summed E-state index contributed by atoms with van der Waals surface area (Å²) >= 11 is 0. The maximum atomic E-state index is 12.8. The van der Waals surface area contributed by atoms with E-state index in [4.69, 9.17) is 4.74 Å². The third-order valence-corrected chi connectivity index (χ3v) is 6.92. The number of carbonyl (C=O) groups excluding carboxylic acids is 2. The van der Waals surface area contributed by atoms with E-state index in [1.54, 1.807) is 0 Å². The van der Waals surface area contributed by atoms with Crippen LogP contribution in [0.1, 0.15) is 52.9 Å². The van der Waals surface area contributed by atoms with Crippen LogP contribution in [0, 0.1) is 29.1 Å². The van der Waals surface area contributed by atoms with E-state index in [0.29, 0.717) is 23.5 Å². The Morgan fingerprint density at radius 3 is 2.73 bits per heavy atom. The number of rotatable bonds is 1. The van der Waals surface area contributed by atoms with Gasteiger partial charge in [0.25, 0.3) is 0 Å². The predicted octanol–water partition coefficient (Wildman–Crippen LogP) is 3.49. The summed E-state index contributed by atoms with van der Waals surface area (Å²) in [4.78, 5) is 26.9. The third-order valence-electron chi connectivity index (χ3n) is 6.92. The summed E-state index contributed by atoms with van der Waals surface area (Å²) < 4.78 is 5.03. The molecule has 2 aliphatic carbocycles. The number of hydrogen-bond acceptors (Lipinski definition) is 3. The molecule has 0 radical (unpaired) electrons.